The van der Waals surface area contributed by atoms with Crippen molar-refractivity contribution in [1.29, 1.82) is 0 Å². The van der Waals surface area contributed by atoms with E-state index in [-0.39, 0.29) is 15.9 Å². The van der Waals surface area contributed by atoms with Crippen molar-refractivity contribution in [2.45, 2.75) is 10.1 Å². The molecule has 0 amide bonds. The summed E-state index contributed by atoms with van der Waals surface area (Å²) in [6, 6.07) is 8.43. The Balaban J connectivity index is 2.03. The van der Waals surface area contributed by atoms with Crippen molar-refractivity contribution < 1.29 is 4.92 Å². The van der Waals surface area contributed by atoms with Crippen LogP contribution < -0.4 is 11.2 Å². The van der Waals surface area contributed by atoms with Crippen molar-refractivity contribution in [3.8, 4) is 0 Å². The number of aliphatic imine (C=N–C) groups is 1. The van der Waals surface area contributed by atoms with Gasteiger partial charge < -0.3 is 0 Å². The molecule has 9 nitrogen and oxygen atoms in total. The molecule has 0 unspecified atom stereocenters. The van der Waals surface area contributed by atoms with Gasteiger partial charge in [0.15, 0.2) is 0 Å². The van der Waals surface area contributed by atoms with Gasteiger partial charge in [-0.1, -0.05) is 23.2 Å². The lowest BCUT2D eigenvalue weighted by Gasteiger charge is -2.10. The molecule has 12 heteroatoms. The monoisotopic (exact) mass is 465 g/mol. The van der Waals surface area contributed by atoms with E-state index in [1.807, 2.05) is 0 Å². The molecule has 0 radical (unpaired) electrons. The molecule has 0 spiro atoms. The van der Waals surface area contributed by atoms with Crippen LogP contribution in [0.1, 0.15) is 5.56 Å². The first kappa shape index (κ1) is 21.8. The molecule has 0 bridgehead atoms. The van der Waals surface area contributed by atoms with Crippen molar-refractivity contribution in [1.82, 2.24) is 14.1 Å². The van der Waals surface area contributed by atoms with Crippen molar-refractivity contribution in [3.05, 3.63) is 83.1 Å². The topological polar surface area (TPSA) is 112 Å². The molecule has 154 valence electrons. The lowest BCUT2D eigenvalue weighted by molar-refractivity contribution is -0.384. The maximum Gasteiger partial charge on any atom is 0.331 e. The van der Waals surface area contributed by atoms with Gasteiger partial charge in [-0.25, -0.2) is 9.78 Å². The van der Waals surface area contributed by atoms with Gasteiger partial charge in [0.2, 0.25) is 0 Å². The third-order valence-corrected chi connectivity index (χ3v) is 5.67. The van der Waals surface area contributed by atoms with E-state index in [4.69, 9.17) is 23.2 Å². The van der Waals surface area contributed by atoms with Crippen LogP contribution in [-0.2, 0) is 14.1 Å². The number of halogens is 2. The van der Waals surface area contributed by atoms with Crippen LogP contribution in [0.3, 0.4) is 0 Å². The quantitative estimate of drug-likeness (QED) is 0.187. The molecule has 3 rings (SSSR count). The second-order valence-electron chi connectivity index (χ2n) is 6.00. The molecule has 0 saturated heterocycles. The predicted molar refractivity (Wildman–Crippen MR) is 116 cm³/mol. The van der Waals surface area contributed by atoms with Gasteiger partial charge in [-0.05, 0) is 30.0 Å². The molecule has 1 aromatic carbocycles. The largest absolute Gasteiger partial charge is 0.331 e. The third kappa shape index (κ3) is 4.61. The van der Waals surface area contributed by atoms with Crippen LogP contribution in [-0.4, -0.2) is 25.3 Å². The molecule has 2 heterocycles. The number of rotatable bonds is 5. The smallest absolute Gasteiger partial charge is 0.291 e. The zero-order chi connectivity index (χ0) is 22.0. The average Bonchev–Trinajstić information content (AvgIpc) is 2.70. The highest BCUT2D eigenvalue weighted by Crippen LogP contribution is 2.33. The van der Waals surface area contributed by atoms with Gasteiger partial charge in [0.25, 0.3) is 11.2 Å². The molecule has 3 aromatic rings. The number of hydrogen-bond acceptors (Lipinski definition) is 7. The number of pyridine rings is 1. The number of aromatic nitrogens is 3. The van der Waals surface area contributed by atoms with Gasteiger partial charge in [-0.3, -0.25) is 29.0 Å². The van der Waals surface area contributed by atoms with E-state index in [9.17, 15) is 19.7 Å². The van der Waals surface area contributed by atoms with Crippen molar-refractivity contribution in [2.24, 2.45) is 19.1 Å². The summed E-state index contributed by atoms with van der Waals surface area (Å²) in [5, 5.41) is 12.1. The Hall–Kier alpha value is -2.95. The van der Waals surface area contributed by atoms with Crippen LogP contribution in [0.2, 0.25) is 10.2 Å². The highest BCUT2D eigenvalue weighted by atomic mass is 35.5. The van der Waals surface area contributed by atoms with E-state index in [0.717, 1.165) is 16.3 Å². The molecule has 0 aliphatic rings. The molecular formula is C18H13Cl2N5O4S. The Morgan fingerprint density at radius 1 is 1.13 bits per heavy atom. The Morgan fingerprint density at radius 2 is 1.87 bits per heavy atom. The minimum atomic E-state index is -0.533. The van der Waals surface area contributed by atoms with E-state index in [1.165, 1.54) is 55.2 Å². The van der Waals surface area contributed by atoms with Crippen LogP contribution in [0.15, 0.2) is 61.0 Å². The van der Waals surface area contributed by atoms with Crippen LogP contribution >= 0.6 is 35.0 Å². The van der Waals surface area contributed by atoms with Crippen LogP contribution in [0, 0.1) is 10.1 Å². The maximum atomic E-state index is 12.2. The van der Waals surface area contributed by atoms with Crippen molar-refractivity contribution in [3.63, 3.8) is 0 Å². The Kier molecular flexibility index (Phi) is 6.40. The summed E-state index contributed by atoms with van der Waals surface area (Å²) in [6.07, 6.45) is 1.37. The molecule has 0 atom stereocenters. The number of nitro groups is 1. The number of hydrogen-bond donors (Lipinski definition) is 0. The zero-order valence-corrected chi connectivity index (χ0v) is 17.9. The van der Waals surface area contributed by atoms with Gasteiger partial charge in [-0.2, -0.15) is 0 Å². The average molecular weight is 466 g/mol. The van der Waals surface area contributed by atoms with E-state index < -0.39 is 16.2 Å². The first-order chi connectivity index (χ1) is 14.2. The fourth-order valence-corrected chi connectivity index (χ4v) is 3.68. The Bertz CT molecular complexity index is 1300. The maximum absolute atomic E-state index is 12.2. The van der Waals surface area contributed by atoms with Crippen molar-refractivity contribution >= 4 is 52.6 Å². The van der Waals surface area contributed by atoms with Gasteiger partial charge in [0, 0.05) is 49.1 Å². The summed E-state index contributed by atoms with van der Waals surface area (Å²) in [7, 11) is 2.91. The molecule has 30 heavy (non-hydrogen) atoms. The summed E-state index contributed by atoms with van der Waals surface area (Å²) in [5.74, 6) is 0. The molecule has 0 N–H and O–H groups in total. The lowest BCUT2D eigenvalue weighted by atomic mass is 10.2. The Morgan fingerprint density at radius 3 is 2.57 bits per heavy atom. The normalized spacial score (nSPS) is 11.2. The molecular weight excluding hydrogens is 453 g/mol. The summed E-state index contributed by atoms with van der Waals surface area (Å²) in [4.78, 5) is 43.1. The SMILES string of the molecule is Cn1c(Sc2nc(Cl)ccc2N=Cc2cc([N+](=O)[O-])ccc2Cl)cc(=O)n(C)c1=O. The highest BCUT2D eigenvalue weighted by Gasteiger charge is 2.13. The summed E-state index contributed by atoms with van der Waals surface area (Å²) < 4.78 is 2.29. The van der Waals surface area contributed by atoms with Gasteiger partial charge in [0.05, 0.1) is 15.6 Å². The van der Waals surface area contributed by atoms with Crippen molar-refractivity contribution in [2.75, 3.05) is 0 Å². The summed E-state index contributed by atoms with van der Waals surface area (Å²) in [6.45, 7) is 0. The van der Waals surface area contributed by atoms with Gasteiger partial charge in [0.1, 0.15) is 10.2 Å². The number of benzene rings is 1. The second kappa shape index (κ2) is 8.82. The molecule has 0 aliphatic carbocycles. The van der Waals surface area contributed by atoms with Crippen LogP contribution in [0.5, 0.6) is 0 Å². The highest BCUT2D eigenvalue weighted by molar-refractivity contribution is 7.99. The molecule has 0 aliphatic heterocycles. The van der Waals surface area contributed by atoms with E-state index in [1.54, 1.807) is 6.07 Å². The first-order valence-corrected chi connectivity index (χ1v) is 9.84. The lowest BCUT2D eigenvalue weighted by Crippen LogP contribution is -2.36. The number of nitrogens with zero attached hydrogens (tertiary/aromatic N) is 5. The van der Waals surface area contributed by atoms with E-state index >= 15 is 0 Å². The van der Waals surface area contributed by atoms with Gasteiger partial charge in [-0.15, -0.1) is 0 Å². The van der Waals surface area contributed by atoms with Crippen LogP contribution in [0.25, 0.3) is 0 Å². The standard InChI is InChI=1S/C18H13Cl2N5O4S/c1-23-15(26)8-16(24(2)18(23)27)30-17-13(5-6-14(20)22-17)21-9-10-7-11(25(28)29)3-4-12(10)19/h3-9H,1-2H3. The van der Waals surface area contributed by atoms with Gasteiger partial charge >= 0.3 is 5.69 Å². The summed E-state index contributed by atoms with van der Waals surface area (Å²) >= 11 is 13.1. The van der Waals surface area contributed by atoms with E-state index in [2.05, 4.69) is 9.98 Å². The predicted octanol–water partition coefficient (Wildman–Crippen LogP) is 3.60. The fraction of sp³-hybridized carbons (Fsp3) is 0.111. The first-order valence-electron chi connectivity index (χ1n) is 8.27. The molecule has 0 fully saturated rings. The van der Waals surface area contributed by atoms with E-state index in [0.29, 0.717) is 21.3 Å². The minimum absolute atomic E-state index is 0.125. The third-order valence-electron chi connectivity index (χ3n) is 4.02. The summed E-state index contributed by atoms with van der Waals surface area (Å²) in [5.41, 5.74) is -0.353. The minimum Gasteiger partial charge on any atom is -0.291 e. The Labute approximate surface area is 183 Å². The number of nitro benzene ring substituents is 1. The van der Waals surface area contributed by atoms with Crippen LogP contribution in [0.4, 0.5) is 11.4 Å². The number of non-ortho nitro benzene ring substituents is 1. The molecule has 2 aromatic heterocycles. The molecule has 0 saturated carbocycles. The fourth-order valence-electron chi connectivity index (χ4n) is 2.38. The zero-order valence-electron chi connectivity index (χ0n) is 15.6. The second-order valence-corrected chi connectivity index (χ2v) is 7.81.